The first-order valence-corrected chi connectivity index (χ1v) is 8.85. The summed E-state index contributed by atoms with van der Waals surface area (Å²) in [5.74, 6) is -0.996. The molecule has 1 saturated heterocycles. The van der Waals surface area contributed by atoms with E-state index >= 15 is 0 Å². The third-order valence-corrected chi connectivity index (χ3v) is 5.25. The van der Waals surface area contributed by atoms with Gasteiger partial charge in [0.25, 0.3) is 11.5 Å². The molecule has 8 nitrogen and oxygen atoms in total. The molecule has 0 unspecified atom stereocenters. The summed E-state index contributed by atoms with van der Waals surface area (Å²) in [5, 5.41) is 0.321. The Morgan fingerprint density at radius 1 is 1.19 bits per heavy atom. The zero-order valence-corrected chi connectivity index (χ0v) is 16.1. The van der Waals surface area contributed by atoms with Crippen molar-refractivity contribution in [2.75, 3.05) is 14.2 Å². The molecular formula is C18H18N4O4S. The molecule has 3 rings (SSSR count). The highest BCUT2D eigenvalue weighted by atomic mass is 32.2. The lowest BCUT2D eigenvalue weighted by atomic mass is 10.3. The predicted molar refractivity (Wildman–Crippen MR) is 103 cm³/mol. The molecule has 2 aromatic rings. The van der Waals surface area contributed by atoms with Crippen molar-refractivity contribution in [2.45, 2.75) is 6.92 Å². The van der Waals surface area contributed by atoms with Gasteiger partial charge in [-0.3, -0.25) is 19.2 Å². The Morgan fingerprint density at radius 2 is 1.85 bits per heavy atom. The first-order chi connectivity index (χ1) is 12.8. The minimum Gasteiger partial charge on any atom is -0.466 e. The average molecular weight is 386 g/mol. The van der Waals surface area contributed by atoms with Crippen molar-refractivity contribution in [1.29, 1.82) is 0 Å². The number of esters is 1. The highest BCUT2D eigenvalue weighted by molar-refractivity contribution is 8.18. The lowest BCUT2D eigenvalue weighted by Gasteiger charge is -2.07. The van der Waals surface area contributed by atoms with E-state index in [0.717, 1.165) is 17.8 Å². The number of para-hydroxylation sites is 1. The van der Waals surface area contributed by atoms with Crippen molar-refractivity contribution in [1.82, 2.24) is 14.3 Å². The van der Waals surface area contributed by atoms with Crippen LogP contribution in [-0.2, 0) is 21.4 Å². The van der Waals surface area contributed by atoms with E-state index in [-0.39, 0.29) is 22.1 Å². The molecule has 0 saturated carbocycles. The number of thioether (sulfide) groups is 1. The van der Waals surface area contributed by atoms with Crippen molar-refractivity contribution in [2.24, 2.45) is 12.0 Å². The van der Waals surface area contributed by atoms with Gasteiger partial charge in [-0.2, -0.15) is 0 Å². The molecule has 0 N–H and O–H groups in total. The number of ether oxygens (including phenoxy) is 1. The van der Waals surface area contributed by atoms with Crippen molar-refractivity contribution in [3.05, 3.63) is 57.4 Å². The van der Waals surface area contributed by atoms with Gasteiger partial charge in [0.05, 0.1) is 23.4 Å². The van der Waals surface area contributed by atoms with E-state index in [4.69, 9.17) is 0 Å². The number of amidine groups is 1. The van der Waals surface area contributed by atoms with Crippen LogP contribution in [0.3, 0.4) is 0 Å². The molecule has 0 aliphatic carbocycles. The molecule has 0 atom stereocenters. The van der Waals surface area contributed by atoms with Crippen LogP contribution in [0.2, 0.25) is 0 Å². The SMILES string of the molecule is COC(=O)/C=C1/SC(=Nc2c(C)n(C)n(-c3ccccc3)c2=O)N(C)C1=O. The van der Waals surface area contributed by atoms with Gasteiger partial charge < -0.3 is 4.74 Å². The number of rotatable bonds is 3. The highest BCUT2D eigenvalue weighted by Crippen LogP contribution is 2.31. The summed E-state index contributed by atoms with van der Waals surface area (Å²) in [6.07, 6.45) is 1.12. The molecule has 1 fully saturated rings. The van der Waals surface area contributed by atoms with Gasteiger partial charge in [0.15, 0.2) is 10.9 Å². The Labute approximate surface area is 159 Å². The summed E-state index contributed by atoms with van der Waals surface area (Å²) in [7, 11) is 4.55. The van der Waals surface area contributed by atoms with Gasteiger partial charge >= 0.3 is 5.97 Å². The smallest absolute Gasteiger partial charge is 0.331 e. The molecule has 0 bridgehead atoms. The number of carbonyl (C=O) groups excluding carboxylic acids is 2. The Kier molecular flexibility index (Phi) is 5.04. The molecule has 1 aliphatic rings. The number of nitrogens with zero attached hydrogens (tertiary/aromatic N) is 4. The maximum Gasteiger partial charge on any atom is 0.331 e. The van der Waals surface area contributed by atoms with Crippen LogP contribution in [0.1, 0.15) is 5.69 Å². The number of methoxy groups -OCH3 is 1. The van der Waals surface area contributed by atoms with Crippen molar-refractivity contribution in [3.63, 3.8) is 0 Å². The maximum atomic E-state index is 12.9. The third-order valence-electron chi connectivity index (χ3n) is 4.18. The third kappa shape index (κ3) is 3.33. The van der Waals surface area contributed by atoms with Gasteiger partial charge in [-0.05, 0) is 30.8 Å². The van der Waals surface area contributed by atoms with Gasteiger partial charge in [0.2, 0.25) is 0 Å². The van der Waals surface area contributed by atoms with Crippen LogP contribution in [-0.4, -0.2) is 45.5 Å². The number of likely N-dealkylation sites (N-methyl/N-ethyl adjacent to an activating group) is 1. The quantitative estimate of drug-likeness (QED) is 0.592. The molecule has 1 aromatic carbocycles. The molecule has 1 aliphatic heterocycles. The van der Waals surface area contributed by atoms with E-state index in [1.54, 1.807) is 25.7 Å². The van der Waals surface area contributed by atoms with Crippen molar-refractivity contribution >= 4 is 34.5 Å². The number of amides is 1. The first kappa shape index (κ1) is 18.7. The van der Waals surface area contributed by atoms with Crippen LogP contribution in [0.5, 0.6) is 0 Å². The molecule has 1 aromatic heterocycles. The minimum atomic E-state index is -0.622. The van der Waals surface area contributed by atoms with Crippen LogP contribution >= 0.6 is 11.8 Å². The minimum absolute atomic E-state index is 0.195. The molecule has 0 spiro atoms. The van der Waals surface area contributed by atoms with E-state index in [0.29, 0.717) is 16.5 Å². The van der Waals surface area contributed by atoms with Crippen LogP contribution in [0.15, 0.2) is 51.1 Å². The van der Waals surface area contributed by atoms with Gasteiger partial charge in [-0.15, -0.1) is 0 Å². The molecular weight excluding hydrogens is 368 g/mol. The second-order valence-electron chi connectivity index (χ2n) is 5.80. The lowest BCUT2D eigenvalue weighted by molar-refractivity contribution is -0.135. The number of hydrogen-bond donors (Lipinski definition) is 0. The summed E-state index contributed by atoms with van der Waals surface area (Å²) < 4.78 is 7.79. The fraction of sp³-hybridized carbons (Fsp3) is 0.222. The Hall–Kier alpha value is -3.07. The lowest BCUT2D eigenvalue weighted by Crippen LogP contribution is -2.24. The molecule has 1 amide bonds. The number of aromatic nitrogens is 2. The van der Waals surface area contributed by atoms with Crippen LogP contribution < -0.4 is 5.56 Å². The standard InChI is InChI=1S/C18H18N4O4S/c1-11-15(17(25)22(21(11)3)12-8-6-5-7-9-12)19-18-20(2)16(24)13(27-18)10-14(23)26-4/h5-10H,1-4H3/b13-10+,19-18?. The molecule has 9 heteroatoms. The van der Waals surface area contributed by atoms with E-state index in [2.05, 4.69) is 9.73 Å². The summed E-state index contributed by atoms with van der Waals surface area (Å²) in [4.78, 5) is 42.5. The summed E-state index contributed by atoms with van der Waals surface area (Å²) in [5.41, 5.74) is 1.32. The second-order valence-corrected chi connectivity index (χ2v) is 6.81. The van der Waals surface area contributed by atoms with E-state index in [1.807, 2.05) is 30.3 Å². The van der Waals surface area contributed by atoms with Crippen molar-refractivity contribution in [3.8, 4) is 5.69 Å². The molecule has 0 radical (unpaired) electrons. The Balaban J connectivity index is 2.06. The fourth-order valence-electron chi connectivity index (χ4n) is 2.60. The normalized spacial score (nSPS) is 17.2. The van der Waals surface area contributed by atoms with E-state index in [1.165, 1.54) is 16.7 Å². The van der Waals surface area contributed by atoms with E-state index in [9.17, 15) is 14.4 Å². The Morgan fingerprint density at radius 3 is 2.48 bits per heavy atom. The van der Waals surface area contributed by atoms with Crippen LogP contribution in [0.4, 0.5) is 5.69 Å². The number of carbonyl (C=O) groups is 2. The highest BCUT2D eigenvalue weighted by Gasteiger charge is 2.32. The fourth-order valence-corrected chi connectivity index (χ4v) is 3.53. The second kappa shape index (κ2) is 7.28. The van der Waals surface area contributed by atoms with Crippen LogP contribution in [0.25, 0.3) is 5.69 Å². The zero-order chi connectivity index (χ0) is 19.7. The predicted octanol–water partition coefficient (Wildman–Crippen LogP) is 1.73. The molecule has 2 heterocycles. The number of aliphatic imine (C=N–C) groups is 1. The van der Waals surface area contributed by atoms with Gasteiger partial charge in [-0.1, -0.05) is 18.2 Å². The Bertz CT molecular complexity index is 1030. The van der Waals surface area contributed by atoms with Crippen molar-refractivity contribution < 1.29 is 14.3 Å². The number of hydrogen-bond acceptors (Lipinski definition) is 6. The largest absolute Gasteiger partial charge is 0.466 e. The van der Waals surface area contributed by atoms with Gasteiger partial charge in [0.1, 0.15) is 0 Å². The molecule has 140 valence electrons. The van der Waals surface area contributed by atoms with Gasteiger partial charge in [-0.25, -0.2) is 14.5 Å². The van der Waals surface area contributed by atoms with Gasteiger partial charge in [0, 0.05) is 20.2 Å². The number of benzene rings is 1. The molecule has 27 heavy (non-hydrogen) atoms. The van der Waals surface area contributed by atoms with E-state index < -0.39 is 5.97 Å². The summed E-state index contributed by atoms with van der Waals surface area (Å²) >= 11 is 1.02. The topological polar surface area (TPSA) is 85.9 Å². The average Bonchev–Trinajstić information content (AvgIpc) is 3.05. The maximum absolute atomic E-state index is 12.9. The zero-order valence-electron chi connectivity index (χ0n) is 15.3. The summed E-state index contributed by atoms with van der Waals surface area (Å²) in [6.45, 7) is 1.78. The monoisotopic (exact) mass is 386 g/mol. The first-order valence-electron chi connectivity index (χ1n) is 8.03. The van der Waals surface area contributed by atoms with Crippen LogP contribution in [0, 0.1) is 6.92 Å². The summed E-state index contributed by atoms with van der Waals surface area (Å²) in [6, 6.07) is 9.22.